The number of amides is 1. The average molecular weight is 482 g/mol. The van der Waals surface area contributed by atoms with Gasteiger partial charge in [0.2, 0.25) is 10.0 Å². The lowest BCUT2D eigenvalue weighted by Gasteiger charge is -2.14. The second kappa shape index (κ2) is 8.94. The maximum absolute atomic E-state index is 13.5. The van der Waals surface area contributed by atoms with Crippen molar-refractivity contribution in [1.29, 1.82) is 0 Å². The van der Waals surface area contributed by atoms with Gasteiger partial charge in [-0.3, -0.25) is 4.79 Å². The molecule has 0 fully saturated rings. The van der Waals surface area contributed by atoms with E-state index in [1.807, 2.05) is 66.7 Å². The van der Waals surface area contributed by atoms with Crippen LogP contribution in [0.15, 0.2) is 102 Å². The molecular weight excluding hydrogens is 458 g/mol. The molecule has 7 heteroatoms. The smallest absolute Gasteiger partial charge is 0.256 e. The van der Waals surface area contributed by atoms with Crippen molar-refractivity contribution in [1.82, 2.24) is 9.29 Å². The number of rotatable bonds is 5. The van der Waals surface area contributed by atoms with Crippen LogP contribution >= 0.6 is 0 Å². The van der Waals surface area contributed by atoms with E-state index in [0.717, 1.165) is 20.6 Å². The first-order valence-corrected chi connectivity index (χ1v) is 12.5. The van der Waals surface area contributed by atoms with Crippen LogP contribution in [-0.4, -0.2) is 37.7 Å². The Morgan fingerprint density at radius 3 is 2.29 bits per heavy atom. The lowest BCUT2D eigenvalue weighted by Crippen LogP contribution is -2.22. The van der Waals surface area contributed by atoms with Crippen LogP contribution in [0.2, 0.25) is 0 Å². The topological polar surface area (TPSA) is 79.4 Å². The molecule has 1 N–H and O–H groups in total. The summed E-state index contributed by atoms with van der Waals surface area (Å²) in [6.07, 6.45) is 0. The molecule has 0 radical (unpaired) electrons. The molecule has 0 saturated heterocycles. The average Bonchev–Trinajstić information content (AvgIpc) is 2.87. The van der Waals surface area contributed by atoms with Crippen molar-refractivity contribution in [3.8, 4) is 11.3 Å². The van der Waals surface area contributed by atoms with Gasteiger partial charge in [-0.05, 0) is 41.1 Å². The summed E-state index contributed by atoms with van der Waals surface area (Å²) in [7, 11) is -0.685. The molecule has 1 amide bonds. The third kappa shape index (κ3) is 4.27. The molecular formula is C28H23N3O3S. The number of anilines is 1. The highest BCUT2D eigenvalue weighted by Crippen LogP contribution is 2.31. The Labute approximate surface area is 203 Å². The molecule has 6 nitrogen and oxygen atoms in total. The molecule has 0 saturated carbocycles. The van der Waals surface area contributed by atoms with Crippen molar-refractivity contribution < 1.29 is 13.2 Å². The number of para-hydroxylation sites is 1. The number of nitrogens with zero attached hydrogens (tertiary/aromatic N) is 2. The zero-order chi connectivity index (χ0) is 24.6. The van der Waals surface area contributed by atoms with Gasteiger partial charge in [-0.25, -0.2) is 17.7 Å². The molecule has 1 aromatic heterocycles. The van der Waals surface area contributed by atoms with Gasteiger partial charge >= 0.3 is 0 Å². The molecule has 0 aliphatic heterocycles. The lowest BCUT2D eigenvalue weighted by molar-refractivity contribution is 0.102. The summed E-state index contributed by atoms with van der Waals surface area (Å²) in [6, 6.07) is 29.6. The van der Waals surface area contributed by atoms with Crippen LogP contribution in [0.4, 0.5) is 5.69 Å². The van der Waals surface area contributed by atoms with Crippen LogP contribution in [-0.2, 0) is 10.0 Å². The molecule has 5 aromatic rings. The molecule has 1 heterocycles. The number of nitrogens with one attached hydrogen (secondary N) is 1. The van der Waals surface area contributed by atoms with Gasteiger partial charge in [-0.15, -0.1) is 0 Å². The van der Waals surface area contributed by atoms with Crippen LogP contribution in [0.5, 0.6) is 0 Å². The van der Waals surface area contributed by atoms with Crippen molar-refractivity contribution in [2.75, 3.05) is 19.4 Å². The first-order chi connectivity index (χ1) is 16.8. The van der Waals surface area contributed by atoms with Gasteiger partial charge in [0.15, 0.2) is 0 Å². The SMILES string of the molecule is CN(C)S(=O)(=O)c1cccc(NC(=O)c2cc(-c3cccc4ccccc34)nc3ccccc23)c1. The van der Waals surface area contributed by atoms with Crippen LogP contribution in [0.3, 0.4) is 0 Å². The Bertz CT molecular complexity index is 1690. The standard InChI is InChI=1S/C28H23N3O3S/c1-31(2)35(33,34)21-12-8-11-20(17-21)29-28(32)25-18-27(30-26-16-6-5-14-24(25)26)23-15-7-10-19-9-3-4-13-22(19)23/h3-18H,1-2H3,(H,29,32). The first kappa shape index (κ1) is 22.7. The highest BCUT2D eigenvalue weighted by atomic mass is 32.2. The maximum Gasteiger partial charge on any atom is 0.256 e. The Balaban J connectivity index is 1.60. The normalized spacial score (nSPS) is 11.7. The largest absolute Gasteiger partial charge is 0.322 e. The summed E-state index contributed by atoms with van der Waals surface area (Å²) >= 11 is 0. The van der Waals surface area contributed by atoms with E-state index in [1.54, 1.807) is 18.2 Å². The quantitative estimate of drug-likeness (QED) is 0.357. The molecule has 5 rings (SSSR count). The van der Waals surface area contributed by atoms with E-state index in [2.05, 4.69) is 5.32 Å². The number of carbonyl (C=O) groups is 1. The van der Waals surface area contributed by atoms with Crippen LogP contribution < -0.4 is 5.32 Å². The van der Waals surface area contributed by atoms with Crippen molar-refractivity contribution in [3.05, 3.63) is 103 Å². The van der Waals surface area contributed by atoms with E-state index in [-0.39, 0.29) is 10.8 Å². The fourth-order valence-electron chi connectivity index (χ4n) is 4.09. The van der Waals surface area contributed by atoms with Gasteiger partial charge < -0.3 is 5.32 Å². The molecule has 4 aromatic carbocycles. The highest BCUT2D eigenvalue weighted by Gasteiger charge is 2.19. The number of aromatic nitrogens is 1. The van der Waals surface area contributed by atoms with Crippen molar-refractivity contribution in [3.63, 3.8) is 0 Å². The van der Waals surface area contributed by atoms with Gasteiger partial charge in [0, 0.05) is 30.7 Å². The van der Waals surface area contributed by atoms with Gasteiger partial charge in [-0.1, -0.05) is 66.7 Å². The zero-order valence-electron chi connectivity index (χ0n) is 19.3. The van der Waals surface area contributed by atoms with E-state index in [1.165, 1.54) is 26.2 Å². The molecule has 0 aliphatic rings. The van der Waals surface area contributed by atoms with Gasteiger partial charge in [-0.2, -0.15) is 0 Å². The minimum absolute atomic E-state index is 0.108. The summed E-state index contributed by atoms with van der Waals surface area (Å²) in [6.45, 7) is 0. The zero-order valence-corrected chi connectivity index (χ0v) is 20.1. The molecule has 0 aliphatic carbocycles. The highest BCUT2D eigenvalue weighted by molar-refractivity contribution is 7.89. The number of sulfonamides is 1. The fourth-order valence-corrected chi connectivity index (χ4v) is 5.04. The van der Waals surface area contributed by atoms with E-state index in [9.17, 15) is 13.2 Å². The fraction of sp³-hybridized carbons (Fsp3) is 0.0714. The predicted octanol–water partition coefficient (Wildman–Crippen LogP) is 5.56. The lowest BCUT2D eigenvalue weighted by atomic mass is 9.99. The summed E-state index contributed by atoms with van der Waals surface area (Å²) in [5.41, 5.74) is 3.17. The number of pyridine rings is 1. The predicted molar refractivity (Wildman–Crippen MR) is 140 cm³/mol. The number of fused-ring (bicyclic) bond motifs is 2. The molecule has 0 unspecified atom stereocenters. The molecule has 0 spiro atoms. The number of hydrogen-bond donors (Lipinski definition) is 1. The van der Waals surface area contributed by atoms with Crippen LogP contribution in [0.25, 0.3) is 32.9 Å². The minimum Gasteiger partial charge on any atom is -0.322 e. The van der Waals surface area contributed by atoms with Gasteiger partial charge in [0.1, 0.15) is 0 Å². The van der Waals surface area contributed by atoms with Crippen LogP contribution in [0, 0.1) is 0 Å². The van der Waals surface area contributed by atoms with E-state index >= 15 is 0 Å². The van der Waals surface area contributed by atoms with Crippen molar-refractivity contribution in [2.24, 2.45) is 0 Å². The Morgan fingerprint density at radius 2 is 1.49 bits per heavy atom. The number of benzene rings is 4. The molecule has 174 valence electrons. The van der Waals surface area contributed by atoms with E-state index in [4.69, 9.17) is 4.98 Å². The molecule has 0 bridgehead atoms. The summed E-state index contributed by atoms with van der Waals surface area (Å²) in [4.78, 5) is 18.4. The minimum atomic E-state index is -3.63. The number of hydrogen-bond acceptors (Lipinski definition) is 4. The third-order valence-electron chi connectivity index (χ3n) is 5.90. The summed E-state index contributed by atoms with van der Waals surface area (Å²) in [5, 5.41) is 5.72. The molecule has 35 heavy (non-hydrogen) atoms. The third-order valence-corrected chi connectivity index (χ3v) is 7.71. The van der Waals surface area contributed by atoms with Crippen molar-refractivity contribution in [2.45, 2.75) is 4.90 Å². The summed E-state index contributed by atoms with van der Waals surface area (Å²) < 4.78 is 26.2. The Morgan fingerprint density at radius 1 is 0.800 bits per heavy atom. The van der Waals surface area contributed by atoms with E-state index in [0.29, 0.717) is 27.8 Å². The maximum atomic E-state index is 13.5. The van der Waals surface area contributed by atoms with Gasteiger partial charge in [0.25, 0.3) is 5.91 Å². The first-order valence-electron chi connectivity index (χ1n) is 11.1. The second-order valence-electron chi connectivity index (χ2n) is 8.37. The summed E-state index contributed by atoms with van der Waals surface area (Å²) in [5.74, 6) is -0.343. The van der Waals surface area contributed by atoms with Gasteiger partial charge in [0.05, 0.1) is 21.7 Å². The van der Waals surface area contributed by atoms with Crippen LogP contribution in [0.1, 0.15) is 10.4 Å². The van der Waals surface area contributed by atoms with E-state index < -0.39 is 10.0 Å². The monoisotopic (exact) mass is 481 g/mol. The Hall–Kier alpha value is -4.07. The number of carbonyl (C=O) groups excluding carboxylic acids is 1. The van der Waals surface area contributed by atoms with Crippen molar-refractivity contribution >= 4 is 43.3 Å². The second-order valence-corrected chi connectivity index (χ2v) is 10.5. The molecule has 0 atom stereocenters. The Kier molecular flexibility index (Phi) is 5.80.